The summed E-state index contributed by atoms with van der Waals surface area (Å²) in [5.74, 6) is 0. The Morgan fingerprint density at radius 1 is 1.41 bits per heavy atom. The van der Waals surface area contributed by atoms with Crippen molar-refractivity contribution in [3.8, 4) is 0 Å². The van der Waals surface area contributed by atoms with Gasteiger partial charge in [-0.2, -0.15) is 0 Å². The number of aliphatic hydroxyl groups is 1. The van der Waals surface area contributed by atoms with Gasteiger partial charge in [0.05, 0.1) is 12.1 Å². The Labute approximate surface area is 103 Å². The lowest BCUT2D eigenvalue weighted by molar-refractivity contribution is 0.0445. The molecule has 0 aliphatic heterocycles. The number of hydrogen-bond acceptors (Lipinski definition) is 3. The van der Waals surface area contributed by atoms with Gasteiger partial charge in [-0.05, 0) is 40.0 Å². The van der Waals surface area contributed by atoms with E-state index in [1.807, 2.05) is 32.9 Å². The first-order valence-corrected chi connectivity index (χ1v) is 6.23. The second-order valence-electron chi connectivity index (χ2n) is 5.45. The van der Waals surface area contributed by atoms with E-state index in [4.69, 9.17) is 4.74 Å². The zero-order chi connectivity index (χ0) is 12.9. The Bertz CT molecular complexity index is 281. The van der Waals surface area contributed by atoms with Gasteiger partial charge in [-0.15, -0.1) is 0 Å². The maximum Gasteiger partial charge on any atom is 0.408 e. The zero-order valence-corrected chi connectivity index (χ0v) is 10.9. The number of ether oxygens (including phenoxy) is 1. The topological polar surface area (TPSA) is 58.6 Å². The van der Waals surface area contributed by atoms with E-state index in [-0.39, 0.29) is 6.04 Å². The third kappa shape index (κ3) is 5.73. The van der Waals surface area contributed by atoms with E-state index in [1.54, 1.807) is 0 Å². The van der Waals surface area contributed by atoms with Crippen LogP contribution in [-0.4, -0.2) is 28.9 Å². The van der Waals surface area contributed by atoms with Gasteiger partial charge in [0.25, 0.3) is 0 Å². The fourth-order valence-electron chi connectivity index (χ4n) is 1.75. The summed E-state index contributed by atoms with van der Waals surface area (Å²) < 4.78 is 5.17. The molecule has 0 bridgehead atoms. The summed E-state index contributed by atoms with van der Waals surface area (Å²) >= 11 is 0. The van der Waals surface area contributed by atoms with Crippen LogP contribution in [0, 0.1) is 0 Å². The van der Waals surface area contributed by atoms with Crippen molar-refractivity contribution in [2.45, 2.75) is 64.2 Å². The zero-order valence-electron chi connectivity index (χ0n) is 10.9. The van der Waals surface area contributed by atoms with Gasteiger partial charge >= 0.3 is 6.09 Å². The molecule has 1 aliphatic carbocycles. The molecule has 17 heavy (non-hydrogen) atoms. The van der Waals surface area contributed by atoms with E-state index in [0.29, 0.717) is 6.42 Å². The minimum absolute atomic E-state index is 0.342. The Balaban J connectivity index is 2.52. The highest BCUT2D eigenvalue weighted by molar-refractivity contribution is 5.68. The van der Waals surface area contributed by atoms with Gasteiger partial charge in [-0.3, -0.25) is 0 Å². The van der Waals surface area contributed by atoms with E-state index in [9.17, 15) is 9.90 Å². The van der Waals surface area contributed by atoms with Crippen molar-refractivity contribution in [2.75, 3.05) is 0 Å². The Morgan fingerprint density at radius 3 is 2.76 bits per heavy atom. The number of allylic oxidation sites excluding steroid dienone is 1. The molecule has 0 spiro atoms. The van der Waals surface area contributed by atoms with Gasteiger partial charge in [-0.1, -0.05) is 18.6 Å². The molecule has 0 saturated heterocycles. The fourth-order valence-corrected chi connectivity index (χ4v) is 1.75. The number of rotatable bonds is 1. The van der Waals surface area contributed by atoms with E-state index in [0.717, 1.165) is 19.3 Å². The molecule has 4 heteroatoms. The molecule has 1 amide bonds. The van der Waals surface area contributed by atoms with Gasteiger partial charge in [0.2, 0.25) is 0 Å². The molecule has 0 heterocycles. The SMILES string of the molecule is CC(C)(C)OC(=O)NC1/C=C/CCCC[C@H]1O. The summed E-state index contributed by atoms with van der Waals surface area (Å²) in [4.78, 5) is 11.6. The number of hydrogen-bond donors (Lipinski definition) is 2. The first-order valence-electron chi connectivity index (χ1n) is 6.23. The van der Waals surface area contributed by atoms with Crippen LogP contribution < -0.4 is 5.32 Å². The summed E-state index contributed by atoms with van der Waals surface area (Å²) in [7, 11) is 0. The molecule has 0 fully saturated rings. The normalized spacial score (nSPS) is 27.8. The smallest absolute Gasteiger partial charge is 0.408 e. The molecule has 98 valence electrons. The van der Waals surface area contributed by atoms with Crippen LogP contribution in [0.5, 0.6) is 0 Å². The number of alkyl carbamates (subject to hydrolysis) is 1. The average Bonchev–Trinajstić information content (AvgIpc) is 2.15. The fraction of sp³-hybridized carbons (Fsp3) is 0.769. The second kappa shape index (κ2) is 6.05. The third-order valence-electron chi connectivity index (χ3n) is 2.56. The van der Waals surface area contributed by atoms with Crippen LogP contribution >= 0.6 is 0 Å². The largest absolute Gasteiger partial charge is 0.444 e. The van der Waals surface area contributed by atoms with Crippen LogP contribution in [0.3, 0.4) is 0 Å². The Morgan fingerprint density at radius 2 is 2.12 bits per heavy atom. The predicted octanol–water partition coefficient (Wildman–Crippen LogP) is 2.37. The van der Waals surface area contributed by atoms with Crippen LogP contribution in [0.15, 0.2) is 12.2 Å². The lowest BCUT2D eigenvalue weighted by Crippen LogP contribution is -2.44. The van der Waals surface area contributed by atoms with Gasteiger partial charge < -0.3 is 15.2 Å². The summed E-state index contributed by atoms with van der Waals surface area (Å²) in [5, 5.41) is 12.6. The lowest BCUT2D eigenvalue weighted by atomic mass is 10.00. The molecule has 1 rings (SSSR count). The standard InChI is InChI=1S/C13H23NO3/c1-13(2,3)17-12(16)14-10-8-6-4-5-7-9-11(10)15/h6,8,10-11,15H,4-5,7,9H2,1-3H3,(H,14,16)/b8-6+/t10?,11-/m1/s1. The molecule has 0 aromatic heterocycles. The first kappa shape index (κ1) is 14.0. The summed E-state index contributed by atoms with van der Waals surface area (Å²) in [6, 6.07) is -0.342. The number of amides is 1. The highest BCUT2D eigenvalue weighted by atomic mass is 16.6. The molecule has 1 unspecified atom stereocenters. The first-order chi connectivity index (χ1) is 7.88. The maximum atomic E-state index is 11.6. The number of nitrogens with one attached hydrogen (secondary N) is 1. The monoisotopic (exact) mass is 241 g/mol. The summed E-state index contributed by atoms with van der Waals surface area (Å²) in [6.45, 7) is 5.45. The van der Waals surface area contributed by atoms with Crippen molar-refractivity contribution in [3.63, 3.8) is 0 Å². The Kier molecular flexibility index (Phi) is 5.00. The van der Waals surface area contributed by atoms with Gasteiger partial charge in [-0.25, -0.2) is 4.79 Å². The molecule has 0 aromatic rings. The van der Waals surface area contributed by atoms with Crippen LogP contribution in [0.4, 0.5) is 4.79 Å². The molecule has 0 aromatic carbocycles. The van der Waals surface area contributed by atoms with Gasteiger partial charge in [0.15, 0.2) is 0 Å². The van der Waals surface area contributed by atoms with Crippen molar-refractivity contribution in [1.82, 2.24) is 5.32 Å². The molecule has 2 N–H and O–H groups in total. The molecule has 4 nitrogen and oxygen atoms in total. The van der Waals surface area contributed by atoms with Gasteiger partial charge in [0.1, 0.15) is 5.60 Å². The molecule has 2 atom stereocenters. The minimum Gasteiger partial charge on any atom is -0.444 e. The molecular weight excluding hydrogens is 218 g/mol. The number of aliphatic hydroxyl groups excluding tert-OH is 1. The lowest BCUT2D eigenvalue weighted by Gasteiger charge is -2.25. The molecular formula is C13H23NO3. The second-order valence-corrected chi connectivity index (χ2v) is 5.45. The van der Waals surface area contributed by atoms with Crippen LogP contribution in [0.2, 0.25) is 0 Å². The van der Waals surface area contributed by atoms with Crippen molar-refractivity contribution in [3.05, 3.63) is 12.2 Å². The van der Waals surface area contributed by atoms with Crippen LogP contribution in [0.1, 0.15) is 46.5 Å². The van der Waals surface area contributed by atoms with Crippen molar-refractivity contribution >= 4 is 6.09 Å². The highest BCUT2D eigenvalue weighted by Crippen LogP contribution is 2.13. The Hall–Kier alpha value is -1.03. The van der Waals surface area contributed by atoms with E-state index in [2.05, 4.69) is 5.32 Å². The van der Waals surface area contributed by atoms with Crippen molar-refractivity contribution in [2.24, 2.45) is 0 Å². The number of carbonyl (C=O) groups excluding carboxylic acids is 1. The van der Waals surface area contributed by atoms with Crippen LogP contribution in [0.25, 0.3) is 0 Å². The quantitative estimate of drug-likeness (QED) is 0.693. The van der Waals surface area contributed by atoms with Gasteiger partial charge in [0, 0.05) is 0 Å². The molecule has 1 aliphatic rings. The average molecular weight is 241 g/mol. The van der Waals surface area contributed by atoms with Crippen molar-refractivity contribution < 1.29 is 14.6 Å². The van der Waals surface area contributed by atoms with E-state index in [1.165, 1.54) is 0 Å². The number of carbonyl (C=O) groups is 1. The predicted molar refractivity (Wildman–Crippen MR) is 66.8 cm³/mol. The summed E-state index contributed by atoms with van der Waals surface area (Å²) in [5.41, 5.74) is -0.514. The van der Waals surface area contributed by atoms with Crippen molar-refractivity contribution in [1.29, 1.82) is 0 Å². The molecule has 0 radical (unpaired) electrons. The van der Waals surface area contributed by atoms with E-state index < -0.39 is 17.8 Å². The highest BCUT2D eigenvalue weighted by Gasteiger charge is 2.23. The van der Waals surface area contributed by atoms with E-state index >= 15 is 0 Å². The molecule has 0 saturated carbocycles. The van der Waals surface area contributed by atoms with Crippen LogP contribution in [-0.2, 0) is 4.74 Å². The summed E-state index contributed by atoms with van der Waals surface area (Å²) in [6.07, 6.45) is 6.64. The third-order valence-corrected chi connectivity index (χ3v) is 2.56. The minimum atomic E-state index is -0.529. The maximum absolute atomic E-state index is 11.6.